The zero-order valence-electron chi connectivity index (χ0n) is 16.8. The molecule has 0 aromatic heterocycles. The second-order valence-electron chi connectivity index (χ2n) is 8.77. The highest BCUT2D eigenvalue weighted by molar-refractivity contribution is 5.98. The molecule has 1 saturated heterocycles. The first-order chi connectivity index (χ1) is 15.0. The van der Waals surface area contributed by atoms with Crippen LogP contribution in [0.15, 0.2) is 42.5 Å². The van der Waals surface area contributed by atoms with Crippen molar-refractivity contribution in [3.8, 4) is 11.1 Å². The van der Waals surface area contributed by atoms with E-state index in [0.29, 0.717) is 18.4 Å². The Morgan fingerprint density at radius 3 is 2.50 bits per heavy atom. The third-order valence-electron chi connectivity index (χ3n) is 6.82. The number of nitrogens with zero attached hydrogens (tertiary/aromatic N) is 1. The summed E-state index contributed by atoms with van der Waals surface area (Å²) in [5.41, 5.74) is -0.440. The van der Waals surface area contributed by atoms with Crippen LogP contribution in [-0.4, -0.2) is 42.0 Å². The number of carbonyl (C=O) groups excluding carboxylic acids is 2. The van der Waals surface area contributed by atoms with Crippen molar-refractivity contribution in [3.63, 3.8) is 0 Å². The molecule has 0 spiro atoms. The molecule has 2 aromatic carbocycles. The standard InChI is InChI=1S/C23H19F5N2O2/c24-22(25,26)12-21-7-8-30(18(21)10-21)19(31)11-29-20(32)13-5-6-17-15(9-13)14-3-1-2-4-16(14)23(17,27)28/h1-6,9,18H,7-8,10-12H2,(H,29,32)/t18-,21+/m0/s1. The van der Waals surface area contributed by atoms with Crippen LogP contribution in [0.3, 0.4) is 0 Å². The quantitative estimate of drug-likeness (QED) is 0.699. The van der Waals surface area contributed by atoms with Gasteiger partial charge in [-0.3, -0.25) is 9.59 Å². The minimum Gasteiger partial charge on any atom is -0.343 e. The topological polar surface area (TPSA) is 49.4 Å². The molecule has 3 aliphatic rings. The Kier molecular flexibility index (Phi) is 4.42. The van der Waals surface area contributed by atoms with Crippen molar-refractivity contribution in [2.24, 2.45) is 5.41 Å². The molecule has 168 valence electrons. The number of amides is 2. The van der Waals surface area contributed by atoms with Gasteiger partial charge in [0.25, 0.3) is 11.8 Å². The zero-order chi connectivity index (χ0) is 22.9. The summed E-state index contributed by atoms with van der Waals surface area (Å²) >= 11 is 0. The van der Waals surface area contributed by atoms with Crippen LogP contribution in [-0.2, 0) is 10.7 Å². The molecule has 2 aliphatic carbocycles. The van der Waals surface area contributed by atoms with Crippen LogP contribution >= 0.6 is 0 Å². The van der Waals surface area contributed by atoms with Crippen molar-refractivity contribution in [1.29, 1.82) is 0 Å². The summed E-state index contributed by atoms with van der Waals surface area (Å²) in [7, 11) is 0. The number of likely N-dealkylation sites (tertiary alicyclic amines) is 1. The SMILES string of the molecule is O=C(NCC(=O)N1CC[C@]2(CC(F)(F)F)C[C@H]12)c1ccc2c(c1)-c1ccccc1C2(F)F. The maximum absolute atomic E-state index is 14.6. The number of alkyl halides is 5. The number of hydrogen-bond acceptors (Lipinski definition) is 2. The number of halogens is 5. The van der Waals surface area contributed by atoms with Gasteiger partial charge in [0.1, 0.15) is 0 Å². The molecule has 9 heteroatoms. The number of nitrogens with one attached hydrogen (secondary N) is 1. The lowest BCUT2D eigenvalue weighted by atomic mass is 9.99. The fraction of sp³-hybridized carbons (Fsp3) is 0.391. The fourth-order valence-corrected chi connectivity index (χ4v) is 5.19. The predicted molar refractivity (Wildman–Crippen MR) is 105 cm³/mol. The summed E-state index contributed by atoms with van der Waals surface area (Å²) in [6.07, 6.45) is -4.55. The summed E-state index contributed by atoms with van der Waals surface area (Å²) in [5, 5.41) is 2.47. The first-order valence-corrected chi connectivity index (χ1v) is 10.3. The number of carbonyl (C=O) groups is 2. The highest BCUT2D eigenvalue weighted by Gasteiger charge is 2.65. The van der Waals surface area contributed by atoms with E-state index in [1.807, 2.05) is 0 Å². The summed E-state index contributed by atoms with van der Waals surface area (Å²) in [5.74, 6) is -4.20. The first kappa shape index (κ1) is 20.9. The molecule has 0 radical (unpaired) electrons. The van der Waals surface area contributed by atoms with E-state index < -0.39 is 41.8 Å². The van der Waals surface area contributed by atoms with Gasteiger partial charge in [0.2, 0.25) is 5.91 Å². The van der Waals surface area contributed by atoms with E-state index in [0.717, 1.165) is 0 Å². The average Bonchev–Trinajstić information content (AvgIpc) is 3.23. The van der Waals surface area contributed by atoms with Crippen molar-refractivity contribution in [2.75, 3.05) is 13.1 Å². The van der Waals surface area contributed by atoms with Gasteiger partial charge in [-0.15, -0.1) is 0 Å². The summed E-state index contributed by atoms with van der Waals surface area (Å²) in [6.45, 7) is -0.124. The van der Waals surface area contributed by atoms with E-state index in [1.54, 1.807) is 12.1 Å². The van der Waals surface area contributed by atoms with Crippen LogP contribution in [0, 0.1) is 5.41 Å². The van der Waals surface area contributed by atoms with Gasteiger partial charge >= 0.3 is 6.18 Å². The molecule has 2 fully saturated rings. The number of piperidine rings is 1. The molecule has 1 heterocycles. The highest BCUT2D eigenvalue weighted by atomic mass is 19.4. The number of fused-ring (bicyclic) bond motifs is 4. The van der Waals surface area contributed by atoms with E-state index in [4.69, 9.17) is 0 Å². The van der Waals surface area contributed by atoms with E-state index >= 15 is 0 Å². The predicted octanol–water partition coefficient (Wildman–Crippen LogP) is 4.48. The fourth-order valence-electron chi connectivity index (χ4n) is 5.19. The summed E-state index contributed by atoms with van der Waals surface area (Å²) in [6, 6.07) is 9.51. The molecular weight excluding hydrogens is 431 g/mol. The Hall–Kier alpha value is -2.97. The molecule has 4 nitrogen and oxygen atoms in total. The van der Waals surface area contributed by atoms with E-state index in [-0.39, 0.29) is 35.3 Å². The van der Waals surface area contributed by atoms with E-state index in [1.165, 1.54) is 35.2 Å². The van der Waals surface area contributed by atoms with Crippen LogP contribution in [0.1, 0.15) is 40.7 Å². The highest BCUT2D eigenvalue weighted by Crippen LogP contribution is 2.62. The minimum absolute atomic E-state index is 0.122. The van der Waals surface area contributed by atoms with Crippen molar-refractivity contribution in [2.45, 2.75) is 37.4 Å². The van der Waals surface area contributed by atoms with Crippen LogP contribution in [0.4, 0.5) is 22.0 Å². The lowest BCUT2D eigenvalue weighted by molar-refractivity contribution is -0.148. The lowest BCUT2D eigenvalue weighted by Crippen LogP contribution is -2.40. The van der Waals surface area contributed by atoms with E-state index in [2.05, 4.69) is 5.32 Å². The maximum atomic E-state index is 14.6. The van der Waals surface area contributed by atoms with Gasteiger partial charge in [-0.25, -0.2) is 0 Å². The number of hydrogen-bond donors (Lipinski definition) is 1. The largest absolute Gasteiger partial charge is 0.389 e. The van der Waals surface area contributed by atoms with Gasteiger partial charge in [-0.1, -0.05) is 30.3 Å². The molecule has 2 amide bonds. The summed E-state index contributed by atoms with van der Waals surface area (Å²) < 4.78 is 67.6. The second kappa shape index (κ2) is 6.76. The van der Waals surface area contributed by atoms with Crippen molar-refractivity contribution >= 4 is 11.8 Å². The normalized spacial score (nSPS) is 24.5. The average molecular weight is 450 g/mol. The molecule has 0 unspecified atom stereocenters. The Bertz CT molecular complexity index is 1130. The minimum atomic E-state index is -4.27. The Balaban J connectivity index is 1.26. The molecular formula is C23H19F5N2O2. The molecule has 1 saturated carbocycles. The van der Waals surface area contributed by atoms with Gasteiger partial charge in [0.05, 0.1) is 13.0 Å². The number of rotatable bonds is 4. The van der Waals surface area contributed by atoms with Gasteiger partial charge in [-0.2, -0.15) is 22.0 Å². The van der Waals surface area contributed by atoms with Crippen LogP contribution in [0.25, 0.3) is 11.1 Å². The maximum Gasteiger partial charge on any atom is 0.389 e. The molecule has 32 heavy (non-hydrogen) atoms. The Labute approximate surface area is 180 Å². The smallest absolute Gasteiger partial charge is 0.343 e. The second-order valence-corrected chi connectivity index (χ2v) is 8.77. The van der Waals surface area contributed by atoms with Gasteiger partial charge < -0.3 is 10.2 Å². The molecule has 0 bridgehead atoms. The van der Waals surface area contributed by atoms with Crippen LogP contribution in [0.5, 0.6) is 0 Å². The summed E-state index contributed by atoms with van der Waals surface area (Å²) in [4.78, 5) is 26.5. The molecule has 1 aliphatic heterocycles. The lowest BCUT2D eigenvalue weighted by Gasteiger charge is -2.18. The Morgan fingerprint density at radius 1 is 1.06 bits per heavy atom. The molecule has 5 rings (SSSR count). The molecule has 1 N–H and O–H groups in total. The van der Waals surface area contributed by atoms with E-state index in [9.17, 15) is 31.5 Å². The first-order valence-electron chi connectivity index (χ1n) is 10.3. The van der Waals surface area contributed by atoms with Crippen molar-refractivity contribution in [3.05, 3.63) is 59.2 Å². The zero-order valence-corrected chi connectivity index (χ0v) is 16.8. The third kappa shape index (κ3) is 3.25. The Morgan fingerprint density at radius 2 is 1.78 bits per heavy atom. The van der Waals surface area contributed by atoms with Crippen molar-refractivity contribution < 1.29 is 31.5 Å². The number of benzene rings is 2. The van der Waals surface area contributed by atoms with Gasteiger partial charge in [0.15, 0.2) is 0 Å². The third-order valence-corrected chi connectivity index (χ3v) is 6.82. The van der Waals surface area contributed by atoms with Gasteiger partial charge in [-0.05, 0) is 36.1 Å². The van der Waals surface area contributed by atoms with Crippen molar-refractivity contribution in [1.82, 2.24) is 10.2 Å². The molecule has 2 aromatic rings. The molecule has 2 atom stereocenters. The van der Waals surface area contributed by atoms with Crippen LogP contribution in [0.2, 0.25) is 0 Å². The monoisotopic (exact) mass is 450 g/mol. The van der Waals surface area contributed by atoms with Crippen LogP contribution < -0.4 is 5.32 Å². The van der Waals surface area contributed by atoms with Gasteiger partial charge in [0, 0.05) is 34.7 Å².